The Labute approximate surface area is 131 Å². The molecule has 0 radical (unpaired) electrons. The van der Waals surface area contributed by atoms with E-state index < -0.39 is 12.0 Å². The van der Waals surface area contributed by atoms with E-state index in [9.17, 15) is 9.59 Å². The third-order valence-electron chi connectivity index (χ3n) is 4.01. The van der Waals surface area contributed by atoms with Crippen LogP contribution in [0.2, 0.25) is 0 Å². The highest BCUT2D eigenvalue weighted by Gasteiger charge is 2.24. The molecule has 1 amide bonds. The highest BCUT2D eigenvalue weighted by Crippen LogP contribution is 2.14. The maximum Gasteiger partial charge on any atom is 0.326 e. The smallest absolute Gasteiger partial charge is 0.326 e. The Bertz CT molecular complexity index is 536. The second-order valence-corrected chi connectivity index (χ2v) is 6.22. The van der Waals surface area contributed by atoms with Gasteiger partial charge in [0, 0.05) is 12.1 Å². The Kier molecular flexibility index (Phi) is 5.55. The summed E-state index contributed by atoms with van der Waals surface area (Å²) in [6.07, 6.45) is 2.46. The summed E-state index contributed by atoms with van der Waals surface area (Å²) in [6, 6.07) is 6.57. The van der Waals surface area contributed by atoms with Crippen LogP contribution in [0.25, 0.3) is 0 Å². The average Bonchev–Trinajstić information content (AvgIpc) is 2.97. The second kappa shape index (κ2) is 7.40. The van der Waals surface area contributed by atoms with E-state index in [-0.39, 0.29) is 11.8 Å². The van der Waals surface area contributed by atoms with Crippen LogP contribution >= 0.6 is 0 Å². The van der Waals surface area contributed by atoms with E-state index >= 15 is 0 Å². The normalized spacial score (nSPS) is 16.7. The fourth-order valence-electron chi connectivity index (χ4n) is 2.75. The second-order valence-electron chi connectivity index (χ2n) is 6.22. The Morgan fingerprint density at radius 3 is 2.55 bits per heavy atom. The number of likely N-dealkylation sites (tertiary alicyclic amines) is 1. The maximum absolute atomic E-state index is 12.3. The van der Waals surface area contributed by atoms with E-state index in [2.05, 4.69) is 10.2 Å². The number of aliphatic carboxylic acids is 1. The van der Waals surface area contributed by atoms with E-state index in [0.29, 0.717) is 5.56 Å². The fraction of sp³-hybridized carbons (Fsp3) is 0.529. The molecule has 0 aromatic heterocycles. The fourth-order valence-corrected chi connectivity index (χ4v) is 2.75. The van der Waals surface area contributed by atoms with Crippen molar-refractivity contribution in [3.05, 3.63) is 35.4 Å². The zero-order chi connectivity index (χ0) is 16.1. The van der Waals surface area contributed by atoms with Crippen molar-refractivity contribution in [2.45, 2.75) is 39.3 Å². The zero-order valence-corrected chi connectivity index (χ0v) is 13.2. The Balaban J connectivity index is 2.04. The van der Waals surface area contributed by atoms with Gasteiger partial charge in [-0.3, -0.25) is 9.69 Å². The van der Waals surface area contributed by atoms with E-state index in [4.69, 9.17) is 5.11 Å². The molecule has 1 heterocycles. The average molecular weight is 304 g/mol. The third-order valence-corrected chi connectivity index (χ3v) is 4.01. The van der Waals surface area contributed by atoms with Gasteiger partial charge in [0.1, 0.15) is 6.04 Å². The van der Waals surface area contributed by atoms with Crippen LogP contribution in [0.5, 0.6) is 0 Å². The largest absolute Gasteiger partial charge is 0.480 e. The van der Waals surface area contributed by atoms with Crippen LogP contribution in [0.3, 0.4) is 0 Å². The first-order valence-electron chi connectivity index (χ1n) is 7.82. The van der Waals surface area contributed by atoms with Crippen molar-refractivity contribution in [2.24, 2.45) is 5.92 Å². The number of carboxylic acids is 1. The predicted molar refractivity (Wildman–Crippen MR) is 84.7 cm³/mol. The molecule has 120 valence electrons. The molecule has 22 heavy (non-hydrogen) atoms. The zero-order valence-electron chi connectivity index (χ0n) is 13.2. The molecule has 1 saturated heterocycles. The standard InChI is InChI=1S/C17H24N2O3/c1-12(2)15(17(21)22)18-16(20)14-7-5-6-13(10-14)11-19-8-3-4-9-19/h5-7,10,12,15H,3-4,8-9,11H2,1-2H3,(H,18,20)(H,21,22)/t15-/m1/s1. The number of hydrogen-bond acceptors (Lipinski definition) is 3. The Morgan fingerprint density at radius 1 is 1.27 bits per heavy atom. The van der Waals surface area contributed by atoms with Crippen LogP contribution < -0.4 is 5.32 Å². The molecular formula is C17H24N2O3. The van der Waals surface area contributed by atoms with Crippen molar-refractivity contribution in [2.75, 3.05) is 13.1 Å². The number of nitrogens with one attached hydrogen (secondary N) is 1. The van der Waals surface area contributed by atoms with Gasteiger partial charge in [-0.2, -0.15) is 0 Å². The molecule has 0 unspecified atom stereocenters. The quantitative estimate of drug-likeness (QED) is 0.844. The summed E-state index contributed by atoms with van der Waals surface area (Å²) < 4.78 is 0. The Hall–Kier alpha value is -1.88. The van der Waals surface area contributed by atoms with Gasteiger partial charge in [-0.1, -0.05) is 26.0 Å². The van der Waals surface area contributed by atoms with Crippen molar-refractivity contribution < 1.29 is 14.7 Å². The third kappa shape index (κ3) is 4.31. The molecule has 2 N–H and O–H groups in total. The number of amides is 1. The summed E-state index contributed by atoms with van der Waals surface area (Å²) >= 11 is 0. The van der Waals surface area contributed by atoms with Crippen LogP contribution in [-0.2, 0) is 11.3 Å². The van der Waals surface area contributed by atoms with Gasteiger partial charge in [0.2, 0.25) is 0 Å². The lowest BCUT2D eigenvalue weighted by atomic mass is 10.0. The monoisotopic (exact) mass is 304 g/mol. The first-order chi connectivity index (χ1) is 10.5. The van der Waals surface area contributed by atoms with Gasteiger partial charge >= 0.3 is 5.97 Å². The number of hydrogen-bond donors (Lipinski definition) is 2. The minimum atomic E-state index is -1.00. The molecule has 0 aliphatic carbocycles. The predicted octanol–water partition coefficient (Wildman–Crippen LogP) is 2.12. The maximum atomic E-state index is 12.3. The van der Waals surface area contributed by atoms with Crippen molar-refractivity contribution in [1.82, 2.24) is 10.2 Å². The Morgan fingerprint density at radius 2 is 1.95 bits per heavy atom. The molecule has 5 nitrogen and oxygen atoms in total. The number of rotatable bonds is 6. The summed E-state index contributed by atoms with van der Waals surface area (Å²) in [5.41, 5.74) is 1.61. The summed E-state index contributed by atoms with van der Waals surface area (Å²) in [5.74, 6) is -1.49. The lowest BCUT2D eigenvalue weighted by Crippen LogP contribution is -2.44. The lowest BCUT2D eigenvalue weighted by Gasteiger charge is -2.18. The molecule has 1 atom stereocenters. The van der Waals surface area contributed by atoms with E-state index in [1.807, 2.05) is 18.2 Å². The molecule has 1 aromatic rings. The molecule has 1 aromatic carbocycles. The van der Waals surface area contributed by atoms with E-state index in [1.54, 1.807) is 19.9 Å². The first kappa shape index (κ1) is 16.5. The van der Waals surface area contributed by atoms with Gasteiger partial charge in [-0.05, 0) is 49.5 Å². The number of carbonyl (C=O) groups excluding carboxylic acids is 1. The molecule has 1 aliphatic heterocycles. The van der Waals surface area contributed by atoms with Crippen LogP contribution in [0, 0.1) is 5.92 Å². The van der Waals surface area contributed by atoms with Crippen molar-refractivity contribution in [3.8, 4) is 0 Å². The minimum absolute atomic E-state index is 0.158. The van der Waals surface area contributed by atoms with E-state index in [0.717, 1.165) is 25.2 Å². The van der Waals surface area contributed by atoms with Gasteiger partial charge in [-0.25, -0.2) is 4.79 Å². The molecule has 0 spiro atoms. The SMILES string of the molecule is CC(C)[C@@H](NC(=O)c1cccc(CN2CCCC2)c1)C(=O)O. The van der Waals surface area contributed by atoms with Crippen molar-refractivity contribution in [1.29, 1.82) is 0 Å². The number of carboxylic acid groups (broad SMARTS) is 1. The highest BCUT2D eigenvalue weighted by atomic mass is 16.4. The first-order valence-corrected chi connectivity index (χ1v) is 7.82. The van der Waals surface area contributed by atoms with Gasteiger partial charge < -0.3 is 10.4 Å². The van der Waals surface area contributed by atoms with Crippen LogP contribution in [0.1, 0.15) is 42.6 Å². The number of carbonyl (C=O) groups is 2. The molecule has 5 heteroatoms. The van der Waals surface area contributed by atoms with Crippen molar-refractivity contribution >= 4 is 11.9 Å². The highest BCUT2D eigenvalue weighted by molar-refractivity contribution is 5.96. The van der Waals surface area contributed by atoms with Crippen LogP contribution in [-0.4, -0.2) is 41.0 Å². The van der Waals surface area contributed by atoms with E-state index in [1.165, 1.54) is 12.8 Å². The lowest BCUT2D eigenvalue weighted by molar-refractivity contribution is -0.140. The molecule has 2 rings (SSSR count). The molecule has 0 bridgehead atoms. The molecular weight excluding hydrogens is 280 g/mol. The summed E-state index contributed by atoms with van der Waals surface area (Å²) in [7, 11) is 0. The van der Waals surface area contributed by atoms with Gasteiger partial charge in [0.15, 0.2) is 0 Å². The van der Waals surface area contributed by atoms with Gasteiger partial charge in [-0.15, -0.1) is 0 Å². The van der Waals surface area contributed by atoms with Crippen LogP contribution in [0.15, 0.2) is 24.3 Å². The molecule has 1 fully saturated rings. The van der Waals surface area contributed by atoms with Crippen LogP contribution in [0.4, 0.5) is 0 Å². The molecule has 0 saturated carbocycles. The number of benzene rings is 1. The number of nitrogens with zero attached hydrogens (tertiary/aromatic N) is 1. The topological polar surface area (TPSA) is 69.6 Å². The summed E-state index contributed by atoms with van der Waals surface area (Å²) in [6.45, 7) is 6.61. The van der Waals surface area contributed by atoms with Crippen molar-refractivity contribution in [3.63, 3.8) is 0 Å². The van der Waals surface area contributed by atoms with Gasteiger partial charge in [0.05, 0.1) is 0 Å². The summed E-state index contributed by atoms with van der Waals surface area (Å²) in [4.78, 5) is 25.8. The van der Waals surface area contributed by atoms with Gasteiger partial charge in [0.25, 0.3) is 5.91 Å². The minimum Gasteiger partial charge on any atom is -0.480 e. The molecule has 1 aliphatic rings. The summed E-state index contributed by atoms with van der Waals surface area (Å²) in [5, 5.41) is 11.8.